The maximum absolute atomic E-state index is 12.2. The van der Waals surface area contributed by atoms with Gasteiger partial charge in [0.05, 0.1) is 32.5 Å². The van der Waals surface area contributed by atoms with E-state index >= 15 is 0 Å². The highest BCUT2D eigenvalue weighted by Crippen LogP contribution is 2.31. The summed E-state index contributed by atoms with van der Waals surface area (Å²) in [5.41, 5.74) is 5.02. The zero-order valence-corrected chi connectivity index (χ0v) is 32.8. The van der Waals surface area contributed by atoms with Gasteiger partial charge in [-0.25, -0.2) is 0 Å². The van der Waals surface area contributed by atoms with E-state index in [-0.39, 0.29) is 75.5 Å². The fourth-order valence-electron chi connectivity index (χ4n) is 4.33. The van der Waals surface area contributed by atoms with Crippen LogP contribution < -0.4 is 21.1 Å². The van der Waals surface area contributed by atoms with Crippen LogP contribution in [0.5, 0.6) is 5.75 Å². The molecule has 287 valence electrons. The number of nitrogens with zero attached hydrogens (tertiary/aromatic N) is 1. The summed E-state index contributed by atoms with van der Waals surface area (Å²) in [5, 5.41) is 15.3. The number of hydrogen-bond acceptors (Lipinski definition) is 16. The number of benzene rings is 1. The minimum Gasteiger partial charge on any atom is -0.490 e. The molecule has 52 heavy (non-hydrogen) atoms. The number of carbonyl (C=O) groups excluding carboxylic acids is 2. The Bertz CT molecular complexity index is 1350. The predicted molar refractivity (Wildman–Crippen MR) is 206 cm³/mol. The van der Waals surface area contributed by atoms with Crippen LogP contribution in [0.3, 0.4) is 0 Å². The summed E-state index contributed by atoms with van der Waals surface area (Å²) < 4.78 is 35.2. The number of ether oxygens (including phenoxy) is 6. The number of nitrogens with one attached hydrogen (secondary N) is 2. The van der Waals surface area contributed by atoms with E-state index in [2.05, 4.69) is 39.1 Å². The van der Waals surface area contributed by atoms with Gasteiger partial charge >= 0.3 is 0 Å². The Morgan fingerprint density at radius 2 is 1.94 bits per heavy atom. The van der Waals surface area contributed by atoms with Gasteiger partial charge in [0.15, 0.2) is 0 Å². The predicted octanol–water partition coefficient (Wildman–Crippen LogP) is 2.38. The number of hydrogen-bond donors (Lipinski definition) is 3. The van der Waals surface area contributed by atoms with Gasteiger partial charge in [-0.1, -0.05) is 61.1 Å². The first-order valence-corrected chi connectivity index (χ1v) is 21.4. The first kappa shape index (κ1) is 45.7. The molecule has 1 heterocycles. The van der Waals surface area contributed by atoms with Gasteiger partial charge in [0.25, 0.3) is 18.3 Å². The van der Waals surface area contributed by atoms with Gasteiger partial charge in [0, 0.05) is 24.7 Å². The summed E-state index contributed by atoms with van der Waals surface area (Å²) in [6, 6.07) is 6.48. The molecular formula is C32H46BN4O11S4. The van der Waals surface area contributed by atoms with Crippen LogP contribution in [-0.4, -0.2) is 131 Å². The van der Waals surface area contributed by atoms with Crippen LogP contribution in [0.1, 0.15) is 30.6 Å². The van der Waals surface area contributed by atoms with Crippen molar-refractivity contribution in [3.8, 4) is 29.3 Å². The summed E-state index contributed by atoms with van der Waals surface area (Å²) >= 11 is 0. The lowest BCUT2D eigenvalue weighted by atomic mass is 9.71. The third-order valence-electron chi connectivity index (χ3n) is 6.56. The molecular weight excluding hydrogens is 755 g/mol. The second kappa shape index (κ2) is 28.0. The van der Waals surface area contributed by atoms with E-state index in [1.165, 1.54) is 43.2 Å². The Morgan fingerprint density at radius 3 is 2.67 bits per heavy atom. The van der Waals surface area contributed by atoms with Crippen molar-refractivity contribution in [1.29, 1.82) is 0 Å². The first-order chi connectivity index (χ1) is 25.2. The SMILES string of the molecule is CC#CC(C)OCC1O[C@@H]([B]C#CCNC(=O)COCCOC(COc2cccc(C(=O)NCCN)c2)SSC)C[C@H]1O[C@@H](CO[N+](=O)[O-])SSC. The average Bonchev–Trinajstić information content (AvgIpc) is 3.51. The summed E-state index contributed by atoms with van der Waals surface area (Å²) in [4.78, 5) is 39.7. The molecule has 0 bridgehead atoms. The van der Waals surface area contributed by atoms with Gasteiger partial charge in [-0.3, -0.25) is 9.59 Å². The van der Waals surface area contributed by atoms with Crippen LogP contribution in [0.15, 0.2) is 24.3 Å². The molecule has 2 amide bonds. The molecule has 6 atom stereocenters. The lowest BCUT2D eigenvalue weighted by Gasteiger charge is -2.24. The van der Waals surface area contributed by atoms with E-state index in [1.807, 2.05) is 19.4 Å². The summed E-state index contributed by atoms with van der Waals surface area (Å²) in [5.74, 6) is 11.5. The first-order valence-electron chi connectivity index (χ1n) is 16.2. The Hall–Kier alpha value is -2.50. The van der Waals surface area contributed by atoms with Crippen LogP contribution in [-0.2, 0) is 33.3 Å². The highest BCUT2D eigenvalue weighted by molar-refractivity contribution is 8.76. The molecule has 0 aliphatic carbocycles. The van der Waals surface area contributed by atoms with Gasteiger partial charge in [-0.2, -0.15) is 5.82 Å². The monoisotopic (exact) mass is 801 g/mol. The van der Waals surface area contributed by atoms with Gasteiger partial charge in [-0.05, 0) is 51.0 Å². The molecule has 1 aromatic rings. The van der Waals surface area contributed by atoms with Crippen LogP contribution in [0.25, 0.3) is 0 Å². The van der Waals surface area contributed by atoms with Gasteiger partial charge in [-0.15, -0.1) is 16.0 Å². The Labute approximate surface area is 321 Å². The van der Waals surface area contributed by atoms with Crippen LogP contribution in [0.2, 0.25) is 0 Å². The van der Waals surface area contributed by atoms with Crippen molar-refractivity contribution in [3.05, 3.63) is 39.9 Å². The Morgan fingerprint density at radius 1 is 1.15 bits per heavy atom. The molecule has 1 radical (unpaired) electrons. The summed E-state index contributed by atoms with van der Waals surface area (Å²) in [6.45, 7) is 4.91. The normalized spacial score (nSPS) is 18.1. The maximum atomic E-state index is 12.2. The standard InChI is InChI=1S/C32H46BN4O11S4/c1-5-8-23(2)44-19-27-26(48-31(52-50-4)22-46-37(40)41)18-28(47-27)33-11-7-13-35-29(38)20-42-15-16-43-30(51-49-3)21-45-25-10-6-9-24(17-25)32(39)36-14-12-34/h6,9-10,17,23,26-28,30-31H,12-16,18-22,34H2,1-4H3,(H,35,38)(H,36,39)/t23?,26-,27?,28-,30?,31-/m1/s1. The molecule has 4 N–H and O–H groups in total. The lowest BCUT2D eigenvalue weighted by Crippen LogP contribution is -2.34. The fraction of sp³-hybridized carbons (Fsp3) is 0.625. The number of amides is 2. The number of carbonyl (C=O) groups is 2. The van der Waals surface area contributed by atoms with Gasteiger partial charge in [0.2, 0.25) is 5.91 Å². The summed E-state index contributed by atoms with van der Waals surface area (Å²) in [7, 11) is 7.41. The van der Waals surface area contributed by atoms with E-state index in [1.54, 1.807) is 38.5 Å². The Kier molecular flexibility index (Phi) is 24.6. The smallest absolute Gasteiger partial charge is 0.294 e. The zero-order valence-electron chi connectivity index (χ0n) is 29.6. The highest BCUT2D eigenvalue weighted by Gasteiger charge is 2.38. The van der Waals surface area contributed by atoms with Crippen molar-refractivity contribution < 1.29 is 47.9 Å². The average molecular weight is 802 g/mol. The second-order valence-corrected chi connectivity index (χ2v) is 15.7. The lowest BCUT2D eigenvalue weighted by molar-refractivity contribution is -0.758. The molecule has 1 fully saturated rings. The molecule has 1 aliphatic heterocycles. The van der Waals surface area contributed by atoms with Crippen LogP contribution in [0, 0.1) is 33.7 Å². The number of rotatable bonds is 26. The largest absolute Gasteiger partial charge is 0.490 e. The van der Waals surface area contributed by atoms with Gasteiger partial charge < -0.3 is 49.6 Å². The molecule has 1 aromatic carbocycles. The molecule has 0 saturated carbocycles. The topological polar surface area (TPSA) is 192 Å². The van der Waals surface area contributed by atoms with Crippen LogP contribution in [0.4, 0.5) is 0 Å². The molecule has 0 spiro atoms. The highest BCUT2D eigenvalue weighted by atomic mass is 33.1. The minimum atomic E-state index is -0.849. The van der Waals surface area contributed by atoms with Crippen molar-refractivity contribution in [1.82, 2.24) is 10.6 Å². The molecule has 2 rings (SSSR count). The Balaban J connectivity index is 1.72. The van der Waals surface area contributed by atoms with Crippen molar-refractivity contribution in [2.24, 2.45) is 5.73 Å². The molecule has 1 saturated heterocycles. The molecule has 0 aromatic heterocycles. The van der Waals surface area contributed by atoms with E-state index in [0.717, 1.165) is 0 Å². The maximum Gasteiger partial charge on any atom is 0.294 e. The van der Waals surface area contributed by atoms with Crippen molar-refractivity contribution in [3.63, 3.8) is 0 Å². The second-order valence-electron chi connectivity index (χ2n) is 10.5. The molecule has 20 heteroatoms. The summed E-state index contributed by atoms with van der Waals surface area (Å²) in [6.07, 6.45) is 3.04. The molecule has 3 unspecified atom stereocenters. The number of nitrogens with two attached hydrogens (primary N) is 1. The van der Waals surface area contributed by atoms with E-state index in [0.29, 0.717) is 30.8 Å². The molecule has 15 nitrogen and oxygen atoms in total. The third-order valence-corrected chi connectivity index (χ3v) is 10.3. The quantitative estimate of drug-likeness (QED) is 0.0235. The van der Waals surface area contributed by atoms with Crippen molar-refractivity contribution in [2.45, 2.75) is 55.5 Å². The van der Waals surface area contributed by atoms with E-state index < -0.39 is 22.7 Å². The van der Waals surface area contributed by atoms with Crippen molar-refractivity contribution in [2.75, 3.05) is 71.8 Å². The van der Waals surface area contributed by atoms with Crippen molar-refractivity contribution >= 4 is 62.3 Å². The van der Waals surface area contributed by atoms with E-state index in [9.17, 15) is 19.7 Å². The zero-order chi connectivity index (χ0) is 38.0. The minimum absolute atomic E-state index is 0.103. The molecule has 1 aliphatic rings. The third kappa shape index (κ3) is 20.1. The van der Waals surface area contributed by atoms with Crippen LogP contribution >= 0.6 is 43.2 Å². The fourth-order valence-corrected chi connectivity index (χ4v) is 7.27. The van der Waals surface area contributed by atoms with Gasteiger partial charge in [0.1, 0.15) is 48.7 Å². The van der Waals surface area contributed by atoms with E-state index in [4.69, 9.17) is 34.2 Å².